The normalized spacial score (nSPS) is 18.6. The summed E-state index contributed by atoms with van der Waals surface area (Å²) in [5.74, 6) is 0. The zero-order chi connectivity index (χ0) is 11.0. The van der Waals surface area contributed by atoms with Gasteiger partial charge in [0.15, 0.2) is 0 Å². The van der Waals surface area contributed by atoms with Gasteiger partial charge in [0.1, 0.15) is 0 Å². The molecule has 0 bridgehead atoms. The fourth-order valence-corrected chi connectivity index (χ4v) is 1.79. The first kappa shape index (κ1) is 13.9. The molecule has 0 atom stereocenters. The molecule has 2 heteroatoms. The molecule has 14 heavy (non-hydrogen) atoms. The van der Waals surface area contributed by atoms with Crippen molar-refractivity contribution in [3.63, 3.8) is 0 Å². The van der Waals surface area contributed by atoms with Gasteiger partial charge in [0.25, 0.3) is 0 Å². The Hall–Kier alpha value is -0.0800. The molecule has 0 aromatic carbocycles. The minimum Gasteiger partial charge on any atom is -0.330 e. The number of rotatable bonds is 3. The van der Waals surface area contributed by atoms with Crippen LogP contribution < -0.4 is 5.73 Å². The van der Waals surface area contributed by atoms with E-state index in [4.69, 9.17) is 5.73 Å². The molecule has 1 aliphatic rings. The molecule has 0 unspecified atom stereocenters. The lowest BCUT2D eigenvalue weighted by Crippen LogP contribution is -2.41. The SMILES string of the molecule is CC.CC(C)(CN)CN1CCCCC1. The van der Waals surface area contributed by atoms with E-state index in [0.717, 1.165) is 6.54 Å². The number of likely N-dealkylation sites (tertiary alicyclic amines) is 1. The van der Waals surface area contributed by atoms with Crippen molar-refractivity contribution in [2.75, 3.05) is 26.2 Å². The summed E-state index contributed by atoms with van der Waals surface area (Å²) in [5, 5.41) is 0. The van der Waals surface area contributed by atoms with Gasteiger partial charge < -0.3 is 10.6 Å². The first-order chi connectivity index (χ1) is 6.64. The number of hydrogen-bond acceptors (Lipinski definition) is 2. The summed E-state index contributed by atoms with van der Waals surface area (Å²) in [4.78, 5) is 2.55. The van der Waals surface area contributed by atoms with Crippen LogP contribution >= 0.6 is 0 Å². The maximum absolute atomic E-state index is 5.70. The van der Waals surface area contributed by atoms with Crippen molar-refractivity contribution in [2.45, 2.75) is 47.0 Å². The van der Waals surface area contributed by atoms with Crippen LogP contribution in [0.25, 0.3) is 0 Å². The summed E-state index contributed by atoms with van der Waals surface area (Å²) in [6.45, 7) is 13.0. The van der Waals surface area contributed by atoms with Crippen LogP contribution in [0.3, 0.4) is 0 Å². The number of nitrogens with two attached hydrogens (primary N) is 1. The lowest BCUT2D eigenvalue weighted by atomic mass is 9.92. The Morgan fingerprint density at radius 3 is 2.00 bits per heavy atom. The predicted octanol–water partition coefficient (Wildman–Crippen LogP) is 2.48. The molecular weight excluding hydrogens is 172 g/mol. The van der Waals surface area contributed by atoms with Crippen LogP contribution in [0.2, 0.25) is 0 Å². The van der Waals surface area contributed by atoms with Gasteiger partial charge in [0, 0.05) is 6.54 Å². The molecule has 0 radical (unpaired) electrons. The average molecular weight is 200 g/mol. The second kappa shape index (κ2) is 7.24. The molecule has 0 spiro atoms. The summed E-state index contributed by atoms with van der Waals surface area (Å²) in [7, 11) is 0. The van der Waals surface area contributed by atoms with E-state index in [1.54, 1.807) is 0 Å². The molecule has 0 amide bonds. The molecule has 0 aromatic heterocycles. The first-order valence-electron chi connectivity index (χ1n) is 6.06. The number of nitrogens with zero attached hydrogens (tertiary/aromatic N) is 1. The zero-order valence-electron chi connectivity index (χ0n) is 10.5. The van der Waals surface area contributed by atoms with E-state index < -0.39 is 0 Å². The Labute approximate surface area is 89.9 Å². The third-order valence-corrected chi connectivity index (χ3v) is 2.65. The van der Waals surface area contributed by atoms with Crippen molar-refractivity contribution in [3.05, 3.63) is 0 Å². The second-order valence-corrected chi connectivity index (χ2v) is 4.71. The molecule has 1 rings (SSSR count). The van der Waals surface area contributed by atoms with Crippen molar-refractivity contribution < 1.29 is 0 Å². The Bertz CT molecular complexity index is 126. The maximum atomic E-state index is 5.70. The van der Waals surface area contributed by atoms with Gasteiger partial charge in [0.2, 0.25) is 0 Å². The largest absolute Gasteiger partial charge is 0.330 e. The third kappa shape index (κ3) is 5.61. The van der Waals surface area contributed by atoms with Gasteiger partial charge >= 0.3 is 0 Å². The highest BCUT2D eigenvalue weighted by Gasteiger charge is 2.20. The fraction of sp³-hybridized carbons (Fsp3) is 1.00. The molecule has 0 saturated carbocycles. The standard InChI is InChI=1S/C10H22N2.C2H6/c1-10(2,8-11)9-12-6-4-3-5-7-12;1-2/h3-9,11H2,1-2H3;1-2H3. The van der Waals surface area contributed by atoms with Gasteiger partial charge in [-0.2, -0.15) is 0 Å². The number of piperidine rings is 1. The van der Waals surface area contributed by atoms with Crippen molar-refractivity contribution in [2.24, 2.45) is 11.1 Å². The van der Waals surface area contributed by atoms with Crippen molar-refractivity contribution in [1.29, 1.82) is 0 Å². The van der Waals surface area contributed by atoms with Crippen LogP contribution in [0.5, 0.6) is 0 Å². The zero-order valence-corrected chi connectivity index (χ0v) is 10.5. The van der Waals surface area contributed by atoms with Gasteiger partial charge in [-0.25, -0.2) is 0 Å². The molecule has 0 aliphatic carbocycles. The first-order valence-corrected chi connectivity index (χ1v) is 6.06. The molecule has 86 valence electrons. The van der Waals surface area contributed by atoms with Crippen LogP contribution in [-0.4, -0.2) is 31.1 Å². The highest BCUT2D eigenvalue weighted by molar-refractivity contribution is 4.76. The van der Waals surface area contributed by atoms with Crippen LogP contribution in [0.4, 0.5) is 0 Å². The maximum Gasteiger partial charge on any atom is 0.00447 e. The van der Waals surface area contributed by atoms with Gasteiger partial charge in [-0.15, -0.1) is 0 Å². The average Bonchev–Trinajstić information content (AvgIpc) is 2.22. The third-order valence-electron chi connectivity index (χ3n) is 2.65. The smallest absolute Gasteiger partial charge is 0.00447 e. The highest BCUT2D eigenvalue weighted by atomic mass is 15.1. The van der Waals surface area contributed by atoms with E-state index in [1.807, 2.05) is 13.8 Å². The van der Waals surface area contributed by atoms with E-state index in [0.29, 0.717) is 5.41 Å². The Kier molecular flexibility index (Phi) is 7.20. The van der Waals surface area contributed by atoms with Gasteiger partial charge in [0.05, 0.1) is 0 Å². The minimum atomic E-state index is 0.303. The number of hydrogen-bond donors (Lipinski definition) is 1. The molecule has 2 N–H and O–H groups in total. The van der Waals surface area contributed by atoms with Crippen LogP contribution in [0.15, 0.2) is 0 Å². The van der Waals surface area contributed by atoms with Crippen molar-refractivity contribution in [1.82, 2.24) is 4.90 Å². The highest BCUT2D eigenvalue weighted by Crippen LogP contribution is 2.18. The molecular formula is C12H28N2. The fourth-order valence-electron chi connectivity index (χ4n) is 1.79. The lowest BCUT2D eigenvalue weighted by molar-refractivity contribution is 0.157. The topological polar surface area (TPSA) is 29.3 Å². The molecule has 0 aromatic rings. The quantitative estimate of drug-likeness (QED) is 0.758. The summed E-state index contributed by atoms with van der Waals surface area (Å²) < 4.78 is 0. The molecule has 2 nitrogen and oxygen atoms in total. The van der Waals surface area contributed by atoms with E-state index in [-0.39, 0.29) is 0 Å². The van der Waals surface area contributed by atoms with Gasteiger partial charge in [-0.3, -0.25) is 0 Å². The summed E-state index contributed by atoms with van der Waals surface area (Å²) in [5.41, 5.74) is 6.00. The van der Waals surface area contributed by atoms with Crippen molar-refractivity contribution >= 4 is 0 Å². The second-order valence-electron chi connectivity index (χ2n) is 4.71. The lowest BCUT2D eigenvalue weighted by Gasteiger charge is -2.34. The van der Waals surface area contributed by atoms with E-state index in [1.165, 1.54) is 38.9 Å². The summed E-state index contributed by atoms with van der Waals surface area (Å²) in [6, 6.07) is 0. The van der Waals surface area contributed by atoms with Crippen molar-refractivity contribution in [3.8, 4) is 0 Å². The molecule has 1 fully saturated rings. The van der Waals surface area contributed by atoms with Crippen LogP contribution in [0.1, 0.15) is 47.0 Å². The van der Waals surface area contributed by atoms with Crippen LogP contribution in [-0.2, 0) is 0 Å². The monoisotopic (exact) mass is 200 g/mol. The predicted molar refractivity (Wildman–Crippen MR) is 64.5 cm³/mol. The molecule has 1 aliphatic heterocycles. The Balaban J connectivity index is 0.000000791. The Morgan fingerprint density at radius 1 is 1.07 bits per heavy atom. The van der Waals surface area contributed by atoms with Gasteiger partial charge in [-0.05, 0) is 37.9 Å². The van der Waals surface area contributed by atoms with Gasteiger partial charge in [-0.1, -0.05) is 34.1 Å². The van der Waals surface area contributed by atoms with E-state index in [2.05, 4.69) is 18.7 Å². The van der Waals surface area contributed by atoms with Crippen LogP contribution in [0, 0.1) is 5.41 Å². The Morgan fingerprint density at radius 2 is 1.57 bits per heavy atom. The molecule has 1 heterocycles. The summed E-state index contributed by atoms with van der Waals surface area (Å²) >= 11 is 0. The minimum absolute atomic E-state index is 0.303. The summed E-state index contributed by atoms with van der Waals surface area (Å²) in [6.07, 6.45) is 4.17. The molecule has 1 saturated heterocycles. The van der Waals surface area contributed by atoms with E-state index >= 15 is 0 Å². The van der Waals surface area contributed by atoms with E-state index in [9.17, 15) is 0 Å².